The first-order chi connectivity index (χ1) is 47.2. The lowest BCUT2D eigenvalue weighted by Gasteiger charge is -2.52. The van der Waals surface area contributed by atoms with E-state index in [2.05, 4.69) is 50.8 Å². The van der Waals surface area contributed by atoms with Gasteiger partial charge in [-0.05, 0) is 205 Å². The summed E-state index contributed by atoms with van der Waals surface area (Å²) in [6.07, 6.45) is 5.75. The number of nitriles is 1. The molecule has 11 atom stereocenters. The molecule has 0 radical (unpaired) electrons. The zero-order chi connectivity index (χ0) is 73.0. The van der Waals surface area contributed by atoms with Crippen LogP contribution in [0.25, 0.3) is 10.9 Å². The lowest BCUT2D eigenvalue weighted by Crippen LogP contribution is -2.55. The third-order valence-corrected chi connectivity index (χ3v) is 18.4. The molecule has 5 heterocycles. The van der Waals surface area contributed by atoms with Gasteiger partial charge in [-0.3, -0.25) is 33.9 Å². The molecule has 19 nitrogen and oxygen atoms in total. The average molecular weight is 1350 g/mol. The first-order valence-electron chi connectivity index (χ1n) is 33.8. The van der Waals surface area contributed by atoms with Gasteiger partial charge >= 0.3 is 23.9 Å². The van der Waals surface area contributed by atoms with Gasteiger partial charge in [-0.1, -0.05) is 123 Å². The van der Waals surface area contributed by atoms with Crippen LogP contribution in [0.3, 0.4) is 0 Å². The number of pyridine rings is 1. The van der Waals surface area contributed by atoms with E-state index in [0.717, 1.165) is 68.1 Å². The number of carbonyl (C=O) groups excluding carboxylic acids is 5. The molecule has 528 valence electrons. The molecule has 99 heavy (non-hydrogen) atoms. The highest BCUT2D eigenvalue weighted by Gasteiger charge is 2.44. The van der Waals surface area contributed by atoms with Crippen LogP contribution in [0.4, 0.5) is 0 Å². The van der Waals surface area contributed by atoms with Crippen LogP contribution in [0.5, 0.6) is 0 Å². The largest absolute Gasteiger partial charge is 0.480 e. The summed E-state index contributed by atoms with van der Waals surface area (Å²) in [6, 6.07) is 40.2. The van der Waals surface area contributed by atoms with Crippen LogP contribution in [0.1, 0.15) is 177 Å². The smallest absolute Gasteiger partial charge is 0.335 e. The summed E-state index contributed by atoms with van der Waals surface area (Å²) in [4.78, 5) is 79.1. The van der Waals surface area contributed by atoms with Crippen LogP contribution >= 0.6 is 0 Å². The molecule has 1 unspecified atom stereocenters. The van der Waals surface area contributed by atoms with E-state index in [0.29, 0.717) is 36.8 Å². The Morgan fingerprint density at radius 2 is 1.24 bits per heavy atom. The second-order valence-electron chi connectivity index (χ2n) is 25.2. The number of carboxylic acid groups (broad SMARTS) is 1. The predicted molar refractivity (Wildman–Crippen MR) is 385 cm³/mol. The molecule has 0 aliphatic carbocycles. The molecule has 4 aliphatic heterocycles. The third kappa shape index (κ3) is 23.2. The summed E-state index contributed by atoms with van der Waals surface area (Å²) in [5.41, 5.74) is 27.2. The number of carboxylic acids is 1. The van der Waals surface area contributed by atoms with Crippen LogP contribution in [0, 0.1) is 85.5 Å². The lowest BCUT2D eigenvalue weighted by atomic mass is 9.69. The number of aliphatic imine (C=N–C) groups is 1. The number of aliphatic carboxylic acids is 1. The number of piperidine rings is 3. The highest BCUT2D eigenvalue weighted by atomic mass is 16.5. The molecule has 0 saturated carbocycles. The van der Waals surface area contributed by atoms with E-state index in [1.165, 1.54) is 72.0 Å². The first kappa shape index (κ1) is 80.4. The summed E-state index contributed by atoms with van der Waals surface area (Å²) in [5, 5.41) is 37.4. The number of benzene rings is 6. The highest BCUT2D eigenvalue weighted by Crippen LogP contribution is 2.45. The minimum atomic E-state index is -1.29. The number of Topliss-reactive ketones (excluding diaryl/α,β-unsaturated/α-hetero) is 1. The molecular formula is C80H100N6O13. The number of ketones is 1. The van der Waals surface area contributed by atoms with Gasteiger partial charge in [-0.2, -0.15) is 5.26 Å². The van der Waals surface area contributed by atoms with Gasteiger partial charge in [0.25, 0.3) is 0 Å². The number of esters is 3. The van der Waals surface area contributed by atoms with E-state index in [1.54, 1.807) is 45.0 Å². The van der Waals surface area contributed by atoms with E-state index in [1.807, 2.05) is 153 Å². The maximum atomic E-state index is 13.5. The van der Waals surface area contributed by atoms with Crippen LogP contribution in [-0.4, -0.2) is 125 Å². The normalized spacial score (nSPS) is 18.3. The zero-order valence-corrected chi connectivity index (χ0v) is 59.6. The van der Waals surface area contributed by atoms with Gasteiger partial charge in [0.2, 0.25) is 0 Å². The lowest BCUT2D eigenvalue weighted by molar-refractivity contribution is -0.148. The Balaban J connectivity index is 0.000000227. The van der Waals surface area contributed by atoms with Gasteiger partial charge < -0.3 is 45.7 Å². The third-order valence-electron chi connectivity index (χ3n) is 18.4. The van der Waals surface area contributed by atoms with Gasteiger partial charge in [0, 0.05) is 47.6 Å². The molecule has 0 spiro atoms. The van der Waals surface area contributed by atoms with E-state index < -0.39 is 48.2 Å². The molecular weight excluding hydrogens is 1250 g/mol. The summed E-state index contributed by atoms with van der Waals surface area (Å²) >= 11 is 0. The fourth-order valence-electron chi connectivity index (χ4n) is 12.0. The Bertz CT molecular complexity index is 3920. The standard InChI is InChI=1S/C28H32N2O.C14H17NO3.C13H19NO3.C11H15NO3.C9H10O.C5H7NO2/c1-3-20-18-30-15-13-21(20)16-27(30)25(17-28(31)22-9-5-4-8-19(22)2)23-12-14-29-26-11-7-6-10-24(23)26;1-4-17-14(16)12-13(18-8-15-12)11-6-5-9(2)10(3)7-11;1-4-17-13(16)11(14)12(15)10-6-5-8(2)9(3)7-10;1-6-3-4-8(5-7(6)2)10(13)9(12)11(14)15;1-7-3-4-9(6-10)5-8(7)2;1-2-8-5(7)3-4-6/h4-12,14,20-21,25,27H,3,13,15-18H2,1-2H3;5-8,12-13H,4H2,1-3H3;5-7,11-12,15H,4,14H2,1-3H3;3-5,9-10,13H,12H2,1-2H3,(H,14,15);3-6H,1-2H3;2-3H2,1H3/t20-,21-,25+,27-;12-,13+;11-,12+;9-,10+;;/m0000../s1. The average Bonchev–Trinajstić information content (AvgIpc) is 0.956. The number of nitrogens with two attached hydrogens (primary N) is 2. The Labute approximate surface area is 583 Å². The van der Waals surface area contributed by atoms with Crippen molar-refractivity contribution in [2.24, 2.45) is 28.3 Å². The number of aliphatic hydroxyl groups excluding tert-OH is 2. The van der Waals surface area contributed by atoms with Gasteiger partial charge in [-0.15, -0.1) is 0 Å². The first-order valence-corrected chi connectivity index (χ1v) is 33.8. The maximum Gasteiger partial charge on any atom is 0.335 e. The van der Waals surface area contributed by atoms with Crippen molar-refractivity contribution in [2.45, 2.75) is 171 Å². The molecule has 0 amide bonds. The number of ether oxygens (including phenoxy) is 4. The van der Waals surface area contributed by atoms with Crippen molar-refractivity contribution >= 4 is 53.3 Å². The van der Waals surface area contributed by atoms with Crippen molar-refractivity contribution in [3.63, 3.8) is 0 Å². The van der Waals surface area contributed by atoms with Crippen LogP contribution in [0.15, 0.2) is 139 Å². The van der Waals surface area contributed by atoms with E-state index in [4.69, 9.17) is 36.0 Å². The van der Waals surface area contributed by atoms with Crippen molar-refractivity contribution in [1.29, 1.82) is 5.26 Å². The minimum absolute atomic E-state index is 0.145. The highest BCUT2D eigenvalue weighted by molar-refractivity contribution is 5.98. The quantitative estimate of drug-likeness (QED) is 0.0217. The maximum absolute atomic E-state index is 13.5. The number of fused-ring (bicyclic) bond motifs is 4. The second-order valence-corrected chi connectivity index (χ2v) is 25.2. The molecule has 2 bridgehead atoms. The number of aliphatic hydroxyl groups is 2. The molecule has 6 aromatic carbocycles. The van der Waals surface area contributed by atoms with Crippen molar-refractivity contribution in [2.75, 3.05) is 32.9 Å². The summed E-state index contributed by atoms with van der Waals surface area (Å²) in [7, 11) is 0. The molecule has 7 aromatic rings. The summed E-state index contributed by atoms with van der Waals surface area (Å²) < 4.78 is 19.6. The number of aryl methyl sites for hydroxylation is 9. The number of rotatable bonds is 19. The predicted octanol–water partition coefficient (Wildman–Crippen LogP) is 12.9. The van der Waals surface area contributed by atoms with Gasteiger partial charge in [0.15, 0.2) is 24.3 Å². The Morgan fingerprint density at radius 1 is 0.677 bits per heavy atom. The summed E-state index contributed by atoms with van der Waals surface area (Å²) in [5.74, 6) is -0.515. The Morgan fingerprint density at radius 3 is 1.78 bits per heavy atom. The van der Waals surface area contributed by atoms with Crippen molar-refractivity contribution < 1.29 is 63.0 Å². The van der Waals surface area contributed by atoms with Crippen molar-refractivity contribution in [3.8, 4) is 6.07 Å². The monoisotopic (exact) mass is 1350 g/mol. The second kappa shape index (κ2) is 39.9. The molecule has 3 saturated heterocycles. The SMILES string of the molecule is CCOC(=O)CC#N.CCOC(=O)[C@@H](N)[C@H](O)c1ccc(C)c(C)c1.CCOC(=O)[C@H]1N=CO[C@@H]1c1ccc(C)c(C)c1.CC[C@H]1CN2CC[C@H]1C[C@H]2[C@H](CC(=O)c1ccccc1C)c1ccnc2ccccc12.Cc1ccc(C=O)cc1C.Cc1ccc([C@@H](O)[C@H](N)C(=O)O)cc1C. The van der Waals surface area contributed by atoms with Gasteiger partial charge in [0.05, 0.1) is 31.4 Å². The number of carbonyl (C=O) groups is 6. The van der Waals surface area contributed by atoms with Crippen LogP contribution in [-0.2, 0) is 38.1 Å². The van der Waals surface area contributed by atoms with Gasteiger partial charge in [-0.25, -0.2) is 9.79 Å². The fraction of sp³-hybridized carbons (Fsp3) is 0.412. The van der Waals surface area contributed by atoms with Gasteiger partial charge in [0.1, 0.15) is 37.0 Å². The minimum Gasteiger partial charge on any atom is -0.480 e. The van der Waals surface area contributed by atoms with Crippen molar-refractivity contribution in [3.05, 3.63) is 217 Å². The molecule has 11 rings (SSSR count). The molecule has 1 aromatic heterocycles. The van der Waals surface area contributed by atoms with Crippen LogP contribution in [0.2, 0.25) is 0 Å². The Kier molecular flexibility index (Phi) is 32.4. The Hall–Kier alpha value is -9.29. The number of nitrogens with zero attached hydrogens (tertiary/aromatic N) is 4. The molecule has 3 fully saturated rings. The van der Waals surface area contributed by atoms with E-state index >= 15 is 0 Å². The molecule has 19 heteroatoms. The number of aldehydes is 1. The number of hydrogen-bond donors (Lipinski definition) is 5. The number of para-hydroxylation sites is 1. The topological polar surface area (TPSA) is 304 Å². The molecule has 7 N–H and O–H groups in total. The molecule has 4 aliphatic rings. The number of hydrogen-bond acceptors (Lipinski definition) is 18. The fourth-order valence-corrected chi connectivity index (χ4v) is 12.0. The van der Waals surface area contributed by atoms with Crippen molar-refractivity contribution in [1.82, 2.24) is 9.88 Å². The van der Waals surface area contributed by atoms with E-state index in [-0.39, 0.29) is 36.8 Å². The summed E-state index contributed by atoms with van der Waals surface area (Å²) in [6.45, 7) is 28.8. The van der Waals surface area contributed by atoms with E-state index in [9.17, 15) is 39.0 Å². The number of aromatic nitrogens is 1. The zero-order valence-electron chi connectivity index (χ0n) is 59.6. The van der Waals surface area contributed by atoms with Crippen LogP contribution < -0.4 is 11.5 Å².